The van der Waals surface area contributed by atoms with Crippen molar-refractivity contribution >= 4 is 5.97 Å². The van der Waals surface area contributed by atoms with Gasteiger partial charge >= 0.3 is 5.97 Å². The lowest BCUT2D eigenvalue weighted by Gasteiger charge is -2.06. The first-order valence-corrected chi connectivity index (χ1v) is 5.02. The molecular formula is C12H16O3. The lowest BCUT2D eigenvalue weighted by atomic mass is 10.0. The summed E-state index contributed by atoms with van der Waals surface area (Å²) in [6, 6.07) is 7.71. The molecule has 3 nitrogen and oxygen atoms in total. The van der Waals surface area contributed by atoms with E-state index in [1.807, 2.05) is 24.3 Å². The molecule has 0 aliphatic rings. The van der Waals surface area contributed by atoms with Crippen molar-refractivity contribution in [1.29, 1.82) is 0 Å². The van der Waals surface area contributed by atoms with Gasteiger partial charge in [0.15, 0.2) is 0 Å². The van der Waals surface area contributed by atoms with Crippen LogP contribution >= 0.6 is 0 Å². The zero-order valence-electron chi connectivity index (χ0n) is 8.90. The quantitative estimate of drug-likeness (QED) is 0.749. The first kappa shape index (κ1) is 11.7. The number of aliphatic hydroxyl groups excluding tert-OH is 1. The summed E-state index contributed by atoms with van der Waals surface area (Å²) in [7, 11) is 1.39. The van der Waals surface area contributed by atoms with Crippen molar-refractivity contribution in [2.75, 3.05) is 7.11 Å². The van der Waals surface area contributed by atoms with Crippen molar-refractivity contribution in [3.63, 3.8) is 0 Å². The van der Waals surface area contributed by atoms with Gasteiger partial charge in [-0.3, -0.25) is 4.79 Å². The molecule has 3 heteroatoms. The molecule has 1 rings (SSSR count). The second-order valence-electron chi connectivity index (χ2n) is 3.36. The van der Waals surface area contributed by atoms with Gasteiger partial charge in [-0.2, -0.15) is 0 Å². The highest BCUT2D eigenvalue weighted by atomic mass is 16.5. The summed E-state index contributed by atoms with van der Waals surface area (Å²) in [4.78, 5) is 10.9. The Labute approximate surface area is 89.7 Å². The summed E-state index contributed by atoms with van der Waals surface area (Å²) >= 11 is 0. The van der Waals surface area contributed by atoms with Gasteiger partial charge in [-0.15, -0.1) is 0 Å². The van der Waals surface area contributed by atoms with E-state index in [0.717, 1.165) is 24.0 Å². The van der Waals surface area contributed by atoms with Crippen LogP contribution in [0.1, 0.15) is 24.0 Å². The van der Waals surface area contributed by atoms with Gasteiger partial charge in [0.1, 0.15) is 0 Å². The molecule has 0 amide bonds. The summed E-state index contributed by atoms with van der Waals surface area (Å²) < 4.78 is 4.56. The van der Waals surface area contributed by atoms with Gasteiger partial charge in [0.2, 0.25) is 0 Å². The van der Waals surface area contributed by atoms with Crippen LogP contribution in [0.15, 0.2) is 24.3 Å². The lowest BCUT2D eigenvalue weighted by Crippen LogP contribution is -2.01. The van der Waals surface area contributed by atoms with Gasteiger partial charge < -0.3 is 9.84 Å². The fraction of sp³-hybridized carbons (Fsp3) is 0.417. The monoisotopic (exact) mass is 208 g/mol. The van der Waals surface area contributed by atoms with Crippen LogP contribution in [-0.4, -0.2) is 18.2 Å². The first-order chi connectivity index (χ1) is 7.27. The van der Waals surface area contributed by atoms with E-state index in [4.69, 9.17) is 5.11 Å². The molecule has 0 aliphatic carbocycles. The Hall–Kier alpha value is -1.35. The molecule has 0 unspecified atom stereocenters. The van der Waals surface area contributed by atoms with E-state index >= 15 is 0 Å². The highest BCUT2D eigenvalue weighted by Crippen LogP contribution is 2.12. The molecule has 0 aromatic heterocycles. The maximum atomic E-state index is 10.9. The van der Waals surface area contributed by atoms with E-state index in [9.17, 15) is 4.79 Å². The number of aryl methyl sites for hydroxylation is 1. The Morgan fingerprint density at radius 3 is 2.60 bits per heavy atom. The largest absolute Gasteiger partial charge is 0.469 e. The van der Waals surface area contributed by atoms with Crippen LogP contribution in [0.3, 0.4) is 0 Å². The predicted octanol–water partition coefficient (Wildman–Crippen LogP) is 1.67. The average Bonchev–Trinajstić information content (AvgIpc) is 2.29. The molecule has 1 aromatic carbocycles. The van der Waals surface area contributed by atoms with Crippen molar-refractivity contribution in [3.05, 3.63) is 35.4 Å². The minimum Gasteiger partial charge on any atom is -0.469 e. The number of aliphatic hydroxyl groups is 1. The van der Waals surface area contributed by atoms with Crippen molar-refractivity contribution in [2.24, 2.45) is 0 Å². The maximum absolute atomic E-state index is 10.9. The Kier molecular flexibility index (Phi) is 4.84. The van der Waals surface area contributed by atoms with Crippen molar-refractivity contribution < 1.29 is 14.6 Å². The third kappa shape index (κ3) is 3.72. The molecule has 0 radical (unpaired) electrons. The number of methoxy groups -OCH3 is 1. The zero-order chi connectivity index (χ0) is 11.1. The summed E-state index contributed by atoms with van der Waals surface area (Å²) in [5, 5.41) is 9.08. The first-order valence-electron chi connectivity index (χ1n) is 5.02. The van der Waals surface area contributed by atoms with Crippen molar-refractivity contribution in [1.82, 2.24) is 0 Å². The second-order valence-corrected chi connectivity index (χ2v) is 3.36. The molecule has 0 fully saturated rings. The van der Waals surface area contributed by atoms with Gasteiger partial charge in [-0.1, -0.05) is 24.3 Å². The number of rotatable bonds is 5. The fourth-order valence-corrected chi connectivity index (χ4v) is 1.48. The SMILES string of the molecule is COC(=O)CCCc1ccccc1CO. The van der Waals surface area contributed by atoms with E-state index in [-0.39, 0.29) is 12.6 Å². The molecule has 0 bridgehead atoms. The summed E-state index contributed by atoms with van der Waals surface area (Å²) in [5.41, 5.74) is 2.03. The lowest BCUT2D eigenvalue weighted by molar-refractivity contribution is -0.140. The number of ether oxygens (including phenoxy) is 1. The second kappa shape index (κ2) is 6.19. The molecule has 0 atom stereocenters. The number of hydrogen-bond acceptors (Lipinski definition) is 3. The van der Waals surface area contributed by atoms with Gasteiger partial charge in [-0.05, 0) is 24.0 Å². The Bertz CT molecular complexity index is 320. The minimum atomic E-state index is -0.184. The maximum Gasteiger partial charge on any atom is 0.305 e. The zero-order valence-corrected chi connectivity index (χ0v) is 8.90. The number of carbonyl (C=O) groups excluding carboxylic acids is 1. The Morgan fingerprint density at radius 1 is 1.33 bits per heavy atom. The highest BCUT2D eigenvalue weighted by Gasteiger charge is 2.03. The number of hydrogen-bond donors (Lipinski definition) is 1. The normalized spacial score (nSPS) is 10.0. The van der Waals surface area contributed by atoms with Gasteiger partial charge in [0.25, 0.3) is 0 Å². The van der Waals surface area contributed by atoms with E-state index in [0.29, 0.717) is 6.42 Å². The van der Waals surface area contributed by atoms with Gasteiger partial charge in [-0.25, -0.2) is 0 Å². The average molecular weight is 208 g/mol. The van der Waals surface area contributed by atoms with Crippen molar-refractivity contribution in [2.45, 2.75) is 25.9 Å². The predicted molar refractivity (Wildman–Crippen MR) is 57.3 cm³/mol. The van der Waals surface area contributed by atoms with Gasteiger partial charge in [0.05, 0.1) is 13.7 Å². The summed E-state index contributed by atoms with van der Waals surface area (Å²) in [6.45, 7) is 0.0500. The standard InChI is InChI=1S/C12H16O3/c1-15-12(14)8-4-7-10-5-2-3-6-11(10)9-13/h2-3,5-6,13H,4,7-9H2,1H3. The molecule has 15 heavy (non-hydrogen) atoms. The topological polar surface area (TPSA) is 46.5 Å². The molecule has 0 spiro atoms. The molecule has 1 N–H and O–H groups in total. The number of esters is 1. The van der Waals surface area contributed by atoms with Crippen LogP contribution in [0.2, 0.25) is 0 Å². The van der Waals surface area contributed by atoms with Crippen molar-refractivity contribution in [3.8, 4) is 0 Å². The highest BCUT2D eigenvalue weighted by molar-refractivity contribution is 5.69. The molecule has 82 valence electrons. The smallest absolute Gasteiger partial charge is 0.305 e. The molecule has 0 aliphatic heterocycles. The van der Waals surface area contributed by atoms with E-state index in [1.54, 1.807) is 0 Å². The third-order valence-electron chi connectivity index (χ3n) is 2.34. The van der Waals surface area contributed by atoms with Crippen LogP contribution in [0, 0.1) is 0 Å². The Balaban J connectivity index is 2.46. The van der Waals surface area contributed by atoms with E-state index in [2.05, 4.69) is 4.74 Å². The van der Waals surface area contributed by atoms with Crippen LogP contribution in [0.5, 0.6) is 0 Å². The van der Waals surface area contributed by atoms with Crippen LogP contribution in [0.4, 0.5) is 0 Å². The summed E-state index contributed by atoms with van der Waals surface area (Å²) in [6.07, 6.45) is 1.98. The van der Waals surface area contributed by atoms with E-state index in [1.165, 1.54) is 7.11 Å². The summed E-state index contributed by atoms with van der Waals surface area (Å²) in [5.74, 6) is -0.184. The minimum absolute atomic E-state index is 0.0500. The molecule has 1 aromatic rings. The van der Waals surface area contributed by atoms with Crippen LogP contribution in [0.25, 0.3) is 0 Å². The molecular weight excluding hydrogens is 192 g/mol. The van der Waals surface area contributed by atoms with E-state index < -0.39 is 0 Å². The third-order valence-corrected chi connectivity index (χ3v) is 2.34. The molecule has 0 heterocycles. The molecule has 0 saturated carbocycles. The number of carbonyl (C=O) groups is 1. The van der Waals surface area contributed by atoms with Gasteiger partial charge in [0, 0.05) is 6.42 Å². The Morgan fingerprint density at radius 2 is 2.00 bits per heavy atom. The molecule has 0 saturated heterocycles. The fourth-order valence-electron chi connectivity index (χ4n) is 1.48. The van der Waals surface area contributed by atoms with Crippen LogP contribution < -0.4 is 0 Å². The number of benzene rings is 1. The van der Waals surface area contributed by atoms with Crippen LogP contribution in [-0.2, 0) is 22.6 Å².